The minimum absolute atomic E-state index is 0.0669. The van der Waals surface area contributed by atoms with Crippen LogP contribution in [-0.4, -0.2) is 24.0 Å². The minimum Gasteiger partial charge on any atom is -0.369 e. The largest absolute Gasteiger partial charge is 0.369 e. The molecule has 98 valence electrons. The molecule has 0 saturated carbocycles. The summed E-state index contributed by atoms with van der Waals surface area (Å²) in [6.45, 7) is 1.47. The van der Waals surface area contributed by atoms with Crippen LogP contribution in [0.2, 0.25) is 5.02 Å². The Morgan fingerprint density at radius 2 is 2.21 bits per heavy atom. The van der Waals surface area contributed by atoms with Crippen molar-refractivity contribution in [3.63, 3.8) is 0 Å². The first-order valence-corrected chi connectivity index (χ1v) is 6.62. The number of aromatic nitrogens is 1. The summed E-state index contributed by atoms with van der Waals surface area (Å²) in [5, 5.41) is 1.72. The van der Waals surface area contributed by atoms with Crippen LogP contribution in [0.15, 0.2) is 30.3 Å². The summed E-state index contributed by atoms with van der Waals surface area (Å²) in [6.07, 6.45) is 0.801. The van der Waals surface area contributed by atoms with Gasteiger partial charge >= 0.3 is 0 Å². The van der Waals surface area contributed by atoms with Crippen LogP contribution in [0, 0.1) is 5.92 Å². The molecule has 0 aliphatic carbocycles. The molecule has 1 aromatic heterocycles. The number of nitrogens with two attached hydrogens (primary N) is 1. The lowest BCUT2D eigenvalue weighted by Gasteiger charge is -2.17. The molecule has 1 aliphatic heterocycles. The molecule has 2 heterocycles. The van der Waals surface area contributed by atoms with Gasteiger partial charge in [0.2, 0.25) is 5.91 Å². The van der Waals surface area contributed by atoms with Crippen LogP contribution in [0.5, 0.6) is 0 Å². The van der Waals surface area contributed by atoms with Gasteiger partial charge in [0, 0.05) is 23.5 Å². The molecule has 3 rings (SSSR count). The predicted molar refractivity (Wildman–Crippen MR) is 76.3 cm³/mol. The lowest BCUT2D eigenvalue weighted by molar-refractivity contribution is -0.121. The number of benzene rings is 1. The fraction of sp³-hybridized carbons (Fsp3) is 0.286. The van der Waals surface area contributed by atoms with Gasteiger partial charge in [0.1, 0.15) is 5.82 Å². The lowest BCUT2D eigenvalue weighted by Crippen LogP contribution is -2.27. The van der Waals surface area contributed by atoms with Gasteiger partial charge in [0.15, 0.2) is 0 Å². The van der Waals surface area contributed by atoms with Crippen molar-refractivity contribution in [2.45, 2.75) is 6.42 Å². The number of pyridine rings is 1. The molecule has 1 atom stereocenters. The Labute approximate surface area is 116 Å². The molecule has 1 saturated heterocycles. The highest BCUT2D eigenvalue weighted by molar-refractivity contribution is 6.31. The van der Waals surface area contributed by atoms with E-state index in [4.69, 9.17) is 17.3 Å². The summed E-state index contributed by atoms with van der Waals surface area (Å²) < 4.78 is 0. The normalized spacial score (nSPS) is 19.0. The third-order valence-corrected chi connectivity index (χ3v) is 3.79. The zero-order valence-corrected chi connectivity index (χ0v) is 11.1. The highest BCUT2D eigenvalue weighted by Crippen LogP contribution is 2.25. The van der Waals surface area contributed by atoms with Gasteiger partial charge in [-0.05, 0) is 36.8 Å². The number of carbonyl (C=O) groups excluding carboxylic acids is 1. The Balaban J connectivity index is 1.90. The Kier molecular flexibility index (Phi) is 3.03. The molecule has 5 heteroatoms. The van der Waals surface area contributed by atoms with Gasteiger partial charge < -0.3 is 10.6 Å². The number of anilines is 1. The maximum Gasteiger partial charge on any atom is 0.222 e. The summed E-state index contributed by atoms with van der Waals surface area (Å²) in [6, 6.07) is 9.59. The van der Waals surface area contributed by atoms with Crippen LogP contribution >= 0.6 is 11.6 Å². The van der Waals surface area contributed by atoms with Crippen LogP contribution in [-0.2, 0) is 4.79 Å². The SMILES string of the molecule is NC(=O)C1CCN(c2ccc3cc(Cl)ccc3n2)C1. The van der Waals surface area contributed by atoms with Crippen LogP contribution < -0.4 is 10.6 Å². The quantitative estimate of drug-likeness (QED) is 0.914. The molecule has 0 radical (unpaired) electrons. The molecule has 0 spiro atoms. The van der Waals surface area contributed by atoms with Gasteiger partial charge in [-0.1, -0.05) is 11.6 Å². The van der Waals surface area contributed by atoms with Crippen LogP contribution in [0.3, 0.4) is 0 Å². The number of amides is 1. The second kappa shape index (κ2) is 4.70. The third kappa shape index (κ3) is 2.36. The van der Waals surface area contributed by atoms with Gasteiger partial charge in [0.25, 0.3) is 0 Å². The van der Waals surface area contributed by atoms with Crippen molar-refractivity contribution in [3.8, 4) is 0 Å². The van der Waals surface area contributed by atoms with Crippen molar-refractivity contribution in [2.75, 3.05) is 18.0 Å². The number of carbonyl (C=O) groups is 1. The van der Waals surface area contributed by atoms with Crippen LogP contribution in [0.1, 0.15) is 6.42 Å². The third-order valence-electron chi connectivity index (χ3n) is 3.55. The highest BCUT2D eigenvalue weighted by atomic mass is 35.5. The molecule has 2 N–H and O–H groups in total. The number of rotatable bonds is 2. The Morgan fingerprint density at radius 3 is 2.95 bits per heavy atom. The summed E-state index contributed by atoms with van der Waals surface area (Å²) >= 11 is 5.95. The molecule has 4 nitrogen and oxygen atoms in total. The van der Waals surface area contributed by atoms with E-state index in [1.54, 1.807) is 0 Å². The van der Waals surface area contributed by atoms with Crippen molar-refractivity contribution < 1.29 is 4.79 Å². The van der Waals surface area contributed by atoms with Crippen molar-refractivity contribution in [1.29, 1.82) is 0 Å². The van der Waals surface area contributed by atoms with E-state index in [-0.39, 0.29) is 11.8 Å². The fourth-order valence-electron chi connectivity index (χ4n) is 2.46. The average molecular weight is 276 g/mol. The zero-order valence-electron chi connectivity index (χ0n) is 10.3. The van der Waals surface area contributed by atoms with Gasteiger partial charge in [-0.15, -0.1) is 0 Å². The van der Waals surface area contributed by atoms with Crippen molar-refractivity contribution >= 4 is 34.2 Å². The Bertz CT molecular complexity index is 644. The number of fused-ring (bicyclic) bond motifs is 1. The molecular formula is C14H14ClN3O. The molecule has 0 bridgehead atoms. The van der Waals surface area contributed by atoms with E-state index >= 15 is 0 Å². The maximum absolute atomic E-state index is 11.2. The topological polar surface area (TPSA) is 59.2 Å². The van der Waals surface area contributed by atoms with Gasteiger partial charge in [-0.2, -0.15) is 0 Å². The van der Waals surface area contributed by atoms with Crippen molar-refractivity contribution in [3.05, 3.63) is 35.4 Å². The summed E-state index contributed by atoms with van der Waals surface area (Å²) in [7, 11) is 0. The Hall–Kier alpha value is -1.81. The van der Waals surface area contributed by atoms with E-state index in [0.29, 0.717) is 11.6 Å². The second-order valence-electron chi connectivity index (χ2n) is 4.84. The monoisotopic (exact) mass is 275 g/mol. The Morgan fingerprint density at radius 1 is 1.37 bits per heavy atom. The van der Waals surface area contributed by atoms with Crippen LogP contribution in [0.25, 0.3) is 10.9 Å². The van der Waals surface area contributed by atoms with E-state index < -0.39 is 0 Å². The number of hydrogen-bond donors (Lipinski definition) is 1. The van der Waals surface area contributed by atoms with E-state index in [2.05, 4.69) is 9.88 Å². The zero-order chi connectivity index (χ0) is 13.4. The van der Waals surface area contributed by atoms with E-state index in [1.807, 2.05) is 30.3 Å². The first-order chi connectivity index (χ1) is 9.13. The van der Waals surface area contributed by atoms with Gasteiger partial charge in [0.05, 0.1) is 11.4 Å². The van der Waals surface area contributed by atoms with Gasteiger partial charge in [-0.3, -0.25) is 4.79 Å². The first kappa shape index (κ1) is 12.2. The number of nitrogens with zero attached hydrogens (tertiary/aromatic N) is 2. The number of hydrogen-bond acceptors (Lipinski definition) is 3. The molecule has 19 heavy (non-hydrogen) atoms. The number of primary amides is 1. The van der Waals surface area contributed by atoms with Gasteiger partial charge in [-0.25, -0.2) is 4.98 Å². The molecular weight excluding hydrogens is 262 g/mol. The molecule has 1 aromatic carbocycles. The summed E-state index contributed by atoms with van der Waals surface area (Å²) in [5.41, 5.74) is 6.25. The van der Waals surface area contributed by atoms with Crippen molar-refractivity contribution in [2.24, 2.45) is 11.7 Å². The van der Waals surface area contributed by atoms with Crippen LogP contribution in [0.4, 0.5) is 5.82 Å². The van der Waals surface area contributed by atoms with E-state index in [9.17, 15) is 4.79 Å². The molecule has 1 unspecified atom stereocenters. The predicted octanol–water partition coefficient (Wildman–Crippen LogP) is 2.20. The minimum atomic E-state index is -0.227. The molecule has 1 amide bonds. The summed E-state index contributed by atoms with van der Waals surface area (Å²) in [4.78, 5) is 17.9. The lowest BCUT2D eigenvalue weighted by atomic mass is 10.1. The summed E-state index contributed by atoms with van der Waals surface area (Å²) in [5.74, 6) is 0.594. The molecule has 2 aromatic rings. The van der Waals surface area contributed by atoms with E-state index in [0.717, 1.165) is 29.7 Å². The fourth-order valence-corrected chi connectivity index (χ4v) is 2.64. The molecule has 1 aliphatic rings. The molecule has 1 fully saturated rings. The second-order valence-corrected chi connectivity index (χ2v) is 5.28. The smallest absolute Gasteiger partial charge is 0.222 e. The van der Waals surface area contributed by atoms with E-state index in [1.165, 1.54) is 0 Å². The maximum atomic E-state index is 11.2. The first-order valence-electron chi connectivity index (χ1n) is 6.24. The standard InChI is InChI=1S/C14H14ClN3O/c15-11-2-3-12-9(7-11)1-4-13(17-12)18-6-5-10(8-18)14(16)19/h1-4,7,10H,5-6,8H2,(H2,16,19). The average Bonchev–Trinajstić information content (AvgIpc) is 2.88. The number of halogens is 1. The van der Waals surface area contributed by atoms with Crippen molar-refractivity contribution in [1.82, 2.24) is 4.98 Å². The highest BCUT2D eigenvalue weighted by Gasteiger charge is 2.27.